The summed E-state index contributed by atoms with van der Waals surface area (Å²) in [6.07, 6.45) is 6.06. The van der Waals surface area contributed by atoms with Gasteiger partial charge in [-0.15, -0.1) is 0 Å². The second kappa shape index (κ2) is 9.28. The van der Waals surface area contributed by atoms with Crippen molar-refractivity contribution in [2.75, 3.05) is 12.8 Å². The highest BCUT2D eigenvalue weighted by Gasteiger charge is 2.08. The Hall–Kier alpha value is -2.73. The Bertz CT molecular complexity index is 922. The van der Waals surface area contributed by atoms with E-state index in [1.165, 1.54) is 5.56 Å². The molecular weight excluding hydrogens is 358 g/mol. The van der Waals surface area contributed by atoms with Crippen LogP contribution in [0.5, 0.6) is 0 Å². The van der Waals surface area contributed by atoms with Gasteiger partial charge in [0.1, 0.15) is 5.82 Å². The molecule has 0 bridgehead atoms. The Morgan fingerprint density at radius 1 is 1.11 bits per heavy atom. The van der Waals surface area contributed by atoms with Gasteiger partial charge in [-0.2, -0.15) is 0 Å². The van der Waals surface area contributed by atoms with Gasteiger partial charge in [0, 0.05) is 60.3 Å². The molecule has 0 fully saturated rings. The lowest BCUT2D eigenvalue weighted by atomic mass is 10.1. The Morgan fingerprint density at radius 3 is 2.67 bits per heavy atom. The van der Waals surface area contributed by atoms with Crippen LogP contribution in [-0.4, -0.2) is 32.5 Å². The fourth-order valence-electron chi connectivity index (χ4n) is 2.92. The van der Waals surface area contributed by atoms with Crippen LogP contribution in [0.1, 0.15) is 27.3 Å². The van der Waals surface area contributed by atoms with E-state index in [4.69, 9.17) is 0 Å². The Kier molecular flexibility index (Phi) is 6.54. The molecule has 3 rings (SSSR count). The van der Waals surface area contributed by atoms with Gasteiger partial charge < -0.3 is 9.88 Å². The number of imidazole rings is 1. The normalized spacial score (nSPS) is 11.9. The van der Waals surface area contributed by atoms with Crippen molar-refractivity contribution in [2.24, 2.45) is 0 Å². The van der Waals surface area contributed by atoms with E-state index >= 15 is 0 Å². The van der Waals surface area contributed by atoms with Gasteiger partial charge in [0.2, 0.25) is 0 Å². The molecule has 5 nitrogen and oxygen atoms in total. The van der Waals surface area contributed by atoms with Crippen LogP contribution in [0, 0.1) is 0 Å². The highest BCUT2D eigenvalue weighted by Crippen LogP contribution is 2.08. The van der Waals surface area contributed by atoms with Crippen molar-refractivity contribution in [1.82, 2.24) is 14.9 Å². The SMILES string of the molecule is CS(=O)Cc1cccc(C(=O)NCCc2nccn2Cc2ccccc2)c1. The first kappa shape index (κ1) is 19.0. The second-order valence-electron chi connectivity index (χ2n) is 6.38. The molecule has 0 saturated heterocycles. The van der Waals surface area contributed by atoms with Crippen molar-refractivity contribution in [1.29, 1.82) is 0 Å². The van der Waals surface area contributed by atoms with Crippen LogP contribution in [0.4, 0.5) is 0 Å². The fraction of sp³-hybridized carbons (Fsp3) is 0.238. The number of benzene rings is 2. The van der Waals surface area contributed by atoms with E-state index < -0.39 is 10.8 Å². The van der Waals surface area contributed by atoms with Crippen LogP contribution in [0.3, 0.4) is 0 Å². The third kappa shape index (κ3) is 5.62. The molecule has 1 heterocycles. The predicted octanol–water partition coefficient (Wildman–Crippen LogP) is 2.78. The van der Waals surface area contributed by atoms with Crippen LogP contribution in [0.2, 0.25) is 0 Å². The first-order valence-electron chi connectivity index (χ1n) is 8.83. The lowest BCUT2D eigenvalue weighted by Gasteiger charge is -2.09. The number of nitrogens with one attached hydrogen (secondary N) is 1. The smallest absolute Gasteiger partial charge is 0.251 e. The van der Waals surface area contributed by atoms with E-state index in [1.807, 2.05) is 36.5 Å². The zero-order valence-corrected chi connectivity index (χ0v) is 16.1. The van der Waals surface area contributed by atoms with Crippen LogP contribution in [-0.2, 0) is 29.5 Å². The fourth-order valence-corrected chi connectivity index (χ4v) is 3.57. The number of hydrogen-bond donors (Lipinski definition) is 1. The van der Waals surface area contributed by atoms with Gasteiger partial charge in [-0.05, 0) is 23.3 Å². The van der Waals surface area contributed by atoms with E-state index in [1.54, 1.807) is 24.6 Å². The summed E-state index contributed by atoms with van der Waals surface area (Å²) in [5.41, 5.74) is 2.71. The zero-order valence-electron chi connectivity index (χ0n) is 15.3. The summed E-state index contributed by atoms with van der Waals surface area (Å²) < 4.78 is 13.5. The van der Waals surface area contributed by atoms with Crippen molar-refractivity contribution >= 4 is 16.7 Å². The maximum absolute atomic E-state index is 12.4. The molecule has 1 aromatic heterocycles. The second-order valence-corrected chi connectivity index (χ2v) is 7.82. The average molecular weight is 382 g/mol. The minimum absolute atomic E-state index is 0.125. The first-order chi connectivity index (χ1) is 13.1. The Balaban J connectivity index is 1.55. The number of rotatable bonds is 8. The quantitative estimate of drug-likeness (QED) is 0.653. The lowest BCUT2D eigenvalue weighted by molar-refractivity contribution is 0.0954. The number of carbonyl (C=O) groups is 1. The van der Waals surface area contributed by atoms with Gasteiger partial charge in [-0.3, -0.25) is 9.00 Å². The molecular formula is C21H23N3O2S. The molecule has 0 radical (unpaired) electrons. The Morgan fingerprint density at radius 2 is 1.89 bits per heavy atom. The molecule has 1 unspecified atom stereocenters. The molecule has 0 aliphatic rings. The molecule has 0 saturated carbocycles. The third-order valence-electron chi connectivity index (χ3n) is 4.19. The van der Waals surface area contributed by atoms with Gasteiger partial charge in [0.15, 0.2) is 0 Å². The van der Waals surface area contributed by atoms with Gasteiger partial charge in [0.05, 0.1) is 0 Å². The molecule has 27 heavy (non-hydrogen) atoms. The topological polar surface area (TPSA) is 64.0 Å². The molecule has 1 amide bonds. The predicted molar refractivity (Wildman–Crippen MR) is 108 cm³/mol. The summed E-state index contributed by atoms with van der Waals surface area (Å²) in [7, 11) is -0.926. The van der Waals surface area contributed by atoms with Crippen molar-refractivity contribution < 1.29 is 9.00 Å². The summed E-state index contributed by atoms with van der Waals surface area (Å²) in [5.74, 6) is 1.27. The van der Waals surface area contributed by atoms with Crippen LogP contribution in [0.25, 0.3) is 0 Å². The molecule has 1 atom stereocenters. The summed E-state index contributed by atoms with van der Waals surface area (Å²) in [4.78, 5) is 16.8. The average Bonchev–Trinajstić information content (AvgIpc) is 3.09. The monoisotopic (exact) mass is 381 g/mol. The molecule has 0 aliphatic carbocycles. The molecule has 6 heteroatoms. The Labute approximate surface area is 161 Å². The van der Waals surface area contributed by atoms with Crippen molar-refractivity contribution in [3.63, 3.8) is 0 Å². The van der Waals surface area contributed by atoms with E-state index in [2.05, 4.69) is 27.0 Å². The molecule has 3 aromatic rings. The molecule has 2 aromatic carbocycles. The highest BCUT2D eigenvalue weighted by molar-refractivity contribution is 7.83. The first-order valence-corrected chi connectivity index (χ1v) is 10.6. The summed E-state index contributed by atoms with van der Waals surface area (Å²) in [5, 5.41) is 2.94. The molecule has 0 aliphatic heterocycles. The number of amides is 1. The largest absolute Gasteiger partial charge is 0.352 e. The van der Waals surface area contributed by atoms with E-state index in [0.717, 1.165) is 17.9 Å². The third-order valence-corrected chi connectivity index (χ3v) is 4.93. The number of hydrogen-bond acceptors (Lipinski definition) is 3. The van der Waals surface area contributed by atoms with E-state index in [0.29, 0.717) is 24.3 Å². The minimum atomic E-state index is -0.926. The molecule has 0 spiro atoms. The minimum Gasteiger partial charge on any atom is -0.352 e. The van der Waals surface area contributed by atoms with Crippen LogP contribution in [0.15, 0.2) is 67.0 Å². The summed E-state index contributed by atoms with van der Waals surface area (Å²) in [6.45, 7) is 1.27. The maximum atomic E-state index is 12.4. The lowest BCUT2D eigenvalue weighted by Crippen LogP contribution is -2.26. The summed E-state index contributed by atoms with van der Waals surface area (Å²) >= 11 is 0. The van der Waals surface area contributed by atoms with Gasteiger partial charge in [-0.25, -0.2) is 4.98 Å². The van der Waals surface area contributed by atoms with Crippen LogP contribution >= 0.6 is 0 Å². The van der Waals surface area contributed by atoms with E-state index in [9.17, 15) is 9.00 Å². The number of nitrogens with zero attached hydrogens (tertiary/aromatic N) is 2. The van der Waals surface area contributed by atoms with Crippen LogP contribution < -0.4 is 5.32 Å². The van der Waals surface area contributed by atoms with Crippen molar-refractivity contribution in [3.05, 3.63) is 89.5 Å². The number of carbonyl (C=O) groups excluding carboxylic acids is 1. The standard InChI is InChI=1S/C21H23N3O2S/c1-27(26)16-18-8-5-9-19(14-18)21(25)23-11-10-20-22-12-13-24(20)15-17-6-3-2-4-7-17/h2-9,12-14H,10-11,15-16H2,1H3,(H,23,25). The highest BCUT2D eigenvalue weighted by atomic mass is 32.2. The van der Waals surface area contributed by atoms with Crippen molar-refractivity contribution in [3.8, 4) is 0 Å². The van der Waals surface area contributed by atoms with Gasteiger partial charge in [0.25, 0.3) is 5.91 Å². The van der Waals surface area contributed by atoms with Gasteiger partial charge >= 0.3 is 0 Å². The van der Waals surface area contributed by atoms with Crippen molar-refractivity contribution in [2.45, 2.75) is 18.7 Å². The number of aromatic nitrogens is 2. The zero-order chi connectivity index (χ0) is 19.1. The van der Waals surface area contributed by atoms with E-state index in [-0.39, 0.29) is 5.91 Å². The van der Waals surface area contributed by atoms with Gasteiger partial charge in [-0.1, -0.05) is 42.5 Å². The molecule has 1 N–H and O–H groups in total. The summed E-state index contributed by atoms with van der Waals surface area (Å²) in [6, 6.07) is 17.5. The maximum Gasteiger partial charge on any atom is 0.251 e. The molecule has 140 valence electrons.